The largest absolute Gasteiger partial charge is 0.506 e. The predicted molar refractivity (Wildman–Crippen MR) is 45.1 cm³/mol. The quantitative estimate of drug-likeness (QED) is 0.718. The Kier molecular flexibility index (Phi) is 2.55. The molecule has 0 aliphatic heterocycles. The van der Waals surface area contributed by atoms with Crippen LogP contribution in [0.15, 0.2) is 12.1 Å². The molecular weight excluding hydrogens is 180 g/mol. The molecule has 0 amide bonds. The van der Waals surface area contributed by atoms with Gasteiger partial charge in [0.25, 0.3) is 0 Å². The van der Waals surface area contributed by atoms with Gasteiger partial charge < -0.3 is 9.84 Å². The summed E-state index contributed by atoms with van der Waals surface area (Å²) in [6.45, 7) is 0. The highest BCUT2D eigenvalue weighted by Crippen LogP contribution is 2.30. The molecule has 0 aromatic heterocycles. The smallest absolute Gasteiger partial charge is 0.153 e. The molecule has 1 aromatic carbocycles. The summed E-state index contributed by atoms with van der Waals surface area (Å²) < 4.78 is 4.85. The fraction of sp³-hybridized carbons (Fsp3) is 0.125. The molecule has 0 aliphatic carbocycles. The number of ether oxygens (including phenoxy) is 1. The second-order valence-electron chi connectivity index (χ2n) is 2.16. The minimum atomic E-state index is -0.125. The van der Waals surface area contributed by atoms with E-state index in [1.807, 2.05) is 0 Å². The van der Waals surface area contributed by atoms with Crippen LogP contribution in [0.1, 0.15) is 10.4 Å². The van der Waals surface area contributed by atoms with Crippen LogP contribution in [-0.4, -0.2) is 18.5 Å². The molecule has 0 bridgehead atoms. The highest BCUT2D eigenvalue weighted by Gasteiger charge is 2.06. The van der Waals surface area contributed by atoms with Crippen molar-refractivity contribution in [3.8, 4) is 11.5 Å². The number of benzene rings is 1. The molecule has 0 fully saturated rings. The summed E-state index contributed by atoms with van der Waals surface area (Å²) in [6, 6.07) is 2.65. The van der Waals surface area contributed by atoms with Gasteiger partial charge in [-0.2, -0.15) is 0 Å². The third kappa shape index (κ3) is 1.51. The fourth-order valence-electron chi connectivity index (χ4n) is 0.829. The van der Waals surface area contributed by atoms with Crippen LogP contribution < -0.4 is 4.74 Å². The van der Waals surface area contributed by atoms with Crippen LogP contribution in [0, 0.1) is 0 Å². The van der Waals surface area contributed by atoms with Crippen molar-refractivity contribution < 1.29 is 14.6 Å². The number of methoxy groups -OCH3 is 1. The van der Waals surface area contributed by atoms with Crippen molar-refractivity contribution in [3.63, 3.8) is 0 Å². The Morgan fingerprint density at radius 1 is 1.58 bits per heavy atom. The second-order valence-corrected chi connectivity index (χ2v) is 2.57. The molecule has 64 valence electrons. The Bertz CT molecular complexity index is 309. The van der Waals surface area contributed by atoms with E-state index < -0.39 is 0 Å². The molecular formula is C8H7ClO3. The van der Waals surface area contributed by atoms with Gasteiger partial charge in [-0.25, -0.2) is 0 Å². The zero-order valence-electron chi connectivity index (χ0n) is 6.37. The maximum Gasteiger partial charge on any atom is 0.153 e. The number of halogens is 1. The number of hydrogen-bond acceptors (Lipinski definition) is 3. The molecule has 12 heavy (non-hydrogen) atoms. The van der Waals surface area contributed by atoms with E-state index in [2.05, 4.69) is 0 Å². The predicted octanol–water partition coefficient (Wildman–Crippen LogP) is 1.87. The standard InChI is InChI=1S/C8H7ClO3/c1-12-8-3-6(9)7(11)2-5(8)4-10/h2-4,11H,1H3. The van der Waals surface area contributed by atoms with Crippen LogP contribution in [0.2, 0.25) is 5.02 Å². The maximum absolute atomic E-state index is 10.4. The van der Waals surface area contributed by atoms with Gasteiger partial charge in [-0.1, -0.05) is 11.6 Å². The Balaban J connectivity index is 3.28. The van der Waals surface area contributed by atoms with Crippen LogP contribution in [-0.2, 0) is 0 Å². The van der Waals surface area contributed by atoms with E-state index in [1.54, 1.807) is 0 Å². The van der Waals surface area contributed by atoms with Crippen molar-refractivity contribution in [2.45, 2.75) is 0 Å². The van der Waals surface area contributed by atoms with Crippen LogP contribution in [0.25, 0.3) is 0 Å². The van der Waals surface area contributed by atoms with Crippen molar-refractivity contribution in [1.82, 2.24) is 0 Å². The summed E-state index contributed by atoms with van der Waals surface area (Å²) in [4.78, 5) is 10.4. The number of aldehydes is 1. The van der Waals surface area contributed by atoms with Crippen molar-refractivity contribution >= 4 is 17.9 Å². The molecule has 0 radical (unpaired) electrons. The lowest BCUT2D eigenvalue weighted by Gasteiger charge is -2.04. The lowest BCUT2D eigenvalue weighted by Crippen LogP contribution is -1.89. The topological polar surface area (TPSA) is 46.5 Å². The average molecular weight is 187 g/mol. The number of phenolic OH excluding ortho intramolecular Hbond substituents is 1. The van der Waals surface area contributed by atoms with Gasteiger partial charge in [0.05, 0.1) is 17.7 Å². The van der Waals surface area contributed by atoms with Gasteiger partial charge in [-0.05, 0) is 6.07 Å². The average Bonchev–Trinajstić information content (AvgIpc) is 2.09. The first kappa shape index (κ1) is 8.87. The number of hydrogen-bond donors (Lipinski definition) is 1. The summed E-state index contributed by atoms with van der Waals surface area (Å²) in [7, 11) is 1.43. The third-order valence-electron chi connectivity index (χ3n) is 1.43. The molecule has 0 spiro atoms. The molecule has 1 rings (SSSR count). The summed E-state index contributed by atoms with van der Waals surface area (Å²) in [5.74, 6) is 0.229. The minimum Gasteiger partial charge on any atom is -0.506 e. The lowest BCUT2D eigenvalue weighted by atomic mass is 10.2. The van der Waals surface area contributed by atoms with Crippen molar-refractivity contribution in [1.29, 1.82) is 0 Å². The number of phenols is 1. The molecule has 1 N–H and O–H groups in total. The van der Waals surface area contributed by atoms with Gasteiger partial charge in [-0.3, -0.25) is 4.79 Å². The highest BCUT2D eigenvalue weighted by molar-refractivity contribution is 6.32. The van der Waals surface area contributed by atoms with E-state index in [-0.39, 0.29) is 16.3 Å². The Morgan fingerprint density at radius 2 is 2.25 bits per heavy atom. The van der Waals surface area contributed by atoms with E-state index in [9.17, 15) is 4.79 Å². The van der Waals surface area contributed by atoms with Crippen LogP contribution in [0.4, 0.5) is 0 Å². The summed E-state index contributed by atoms with van der Waals surface area (Å²) in [6.07, 6.45) is 0.592. The molecule has 0 heterocycles. The third-order valence-corrected chi connectivity index (χ3v) is 1.73. The summed E-state index contributed by atoms with van der Waals surface area (Å²) >= 11 is 5.58. The second kappa shape index (κ2) is 3.45. The van der Waals surface area contributed by atoms with Gasteiger partial charge >= 0.3 is 0 Å². The zero-order chi connectivity index (χ0) is 9.14. The molecule has 0 aliphatic rings. The number of carbonyl (C=O) groups is 1. The van der Waals surface area contributed by atoms with E-state index in [4.69, 9.17) is 21.4 Å². The summed E-state index contributed by atoms with van der Waals surface area (Å²) in [5, 5.41) is 9.27. The van der Waals surface area contributed by atoms with Crippen LogP contribution in [0.5, 0.6) is 11.5 Å². The Hall–Kier alpha value is -1.22. The first-order valence-corrected chi connectivity index (χ1v) is 3.58. The van der Waals surface area contributed by atoms with Crippen molar-refractivity contribution in [3.05, 3.63) is 22.7 Å². The van der Waals surface area contributed by atoms with Gasteiger partial charge in [0.1, 0.15) is 11.5 Å². The minimum absolute atomic E-state index is 0.125. The Labute approximate surface area is 74.5 Å². The SMILES string of the molecule is COc1cc(Cl)c(O)cc1C=O. The molecule has 0 saturated carbocycles. The van der Waals surface area contributed by atoms with Gasteiger partial charge in [0.15, 0.2) is 6.29 Å². The molecule has 0 unspecified atom stereocenters. The molecule has 0 saturated heterocycles. The normalized spacial score (nSPS) is 9.50. The van der Waals surface area contributed by atoms with Gasteiger partial charge in [-0.15, -0.1) is 0 Å². The first-order valence-electron chi connectivity index (χ1n) is 3.20. The van der Waals surface area contributed by atoms with E-state index >= 15 is 0 Å². The molecule has 3 nitrogen and oxygen atoms in total. The van der Waals surface area contributed by atoms with E-state index in [0.29, 0.717) is 12.0 Å². The number of carbonyl (C=O) groups excluding carboxylic acids is 1. The monoisotopic (exact) mass is 186 g/mol. The van der Waals surface area contributed by atoms with E-state index in [1.165, 1.54) is 19.2 Å². The lowest BCUT2D eigenvalue weighted by molar-refractivity contribution is 0.112. The zero-order valence-corrected chi connectivity index (χ0v) is 7.13. The maximum atomic E-state index is 10.4. The Morgan fingerprint density at radius 3 is 2.75 bits per heavy atom. The van der Waals surface area contributed by atoms with Gasteiger partial charge in [0.2, 0.25) is 0 Å². The van der Waals surface area contributed by atoms with Crippen LogP contribution >= 0.6 is 11.6 Å². The fourth-order valence-corrected chi connectivity index (χ4v) is 0.982. The number of rotatable bonds is 2. The summed E-state index contributed by atoms with van der Waals surface area (Å²) in [5.41, 5.74) is 0.277. The van der Waals surface area contributed by atoms with Crippen molar-refractivity contribution in [2.75, 3.05) is 7.11 Å². The molecule has 4 heteroatoms. The van der Waals surface area contributed by atoms with Crippen molar-refractivity contribution in [2.24, 2.45) is 0 Å². The first-order chi connectivity index (χ1) is 5.69. The molecule has 1 aromatic rings. The van der Waals surface area contributed by atoms with E-state index in [0.717, 1.165) is 0 Å². The van der Waals surface area contributed by atoms with Crippen LogP contribution in [0.3, 0.4) is 0 Å². The van der Waals surface area contributed by atoms with Gasteiger partial charge in [0, 0.05) is 6.07 Å². The molecule has 0 atom stereocenters. The number of aromatic hydroxyl groups is 1. The highest BCUT2D eigenvalue weighted by atomic mass is 35.5.